The van der Waals surface area contributed by atoms with E-state index in [4.69, 9.17) is 15.0 Å². The number of nitrogens with zero attached hydrogens (tertiary/aromatic N) is 2. The van der Waals surface area contributed by atoms with E-state index in [-0.39, 0.29) is 0 Å². The van der Waals surface area contributed by atoms with E-state index in [9.17, 15) is 0 Å². The predicted molar refractivity (Wildman–Crippen MR) is 70.9 cm³/mol. The van der Waals surface area contributed by atoms with Gasteiger partial charge in [0, 0.05) is 0 Å². The van der Waals surface area contributed by atoms with Gasteiger partial charge in [0.05, 0.1) is 12.1 Å². The Morgan fingerprint density at radius 1 is 1.26 bits per heavy atom. The van der Waals surface area contributed by atoms with Crippen molar-refractivity contribution in [2.45, 2.75) is 39.8 Å². The minimum atomic E-state index is -2.08. The van der Waals surface area contributed by atoms with Gasteiger partial charge in [-0.25, -0.2) is 9.13 Å². The van der Waals surface area contributed by atoms with Gasteiger partial charge in [-0.1, -0.05) is 12.1 Å². The molecule has 0 aliphatic heterocycles. The summed E-state index contributed by atoms with van der Waals surface area (Å²) in [4.78, 5) is 8.44. The Morgan fingerprint density at radius 3 is 2.26 bits per heavy atom. The van der Waals surface area contributed by atoms with Crippen LogP contribution < -0.4 is 9.67 Å². The molecular formula is C14H20N2O3. The molecule has 1 heterocycles. The summed E-state index contributed by atoms with van der Waals surface area (Å²) in [6.45, 7) is 8.88. The zero-order chi connectivity index (χ0) is 14.6. The van der Waals surface area contributed by atoms with Crippen molar-refractivity contribution >= 4 is 17.2 Å². The molecule has 0 spiro atoms. The second-order valence-electron chi connectivity index (χ2n) is 4.87. The zero-order valence-corrected chi connectivity index (χ0v) is 11.7. The van der Waals surface area contributed by atoms with Gasteiger partial charge in [-0.3, -0.25) is 0 Å². The van der Waals surface area contributed by atoms with Crippen molar-refractivity contribution in [3.63, 3.8) is 0 Å². The van der Waals surface area contributed by atoms with Gasteiger partial charge in [-0.2, -0.15) is 0 Å². The van der Waals surface area contributed by atoms with Crippen LogP contribution in [-0.2, 0) is 0 Å². The van der Waals surface area contributed by atoms with E-state index in [0.717, 1.165) is 0 Å². The fourth-order valence-electron chi connectivity index (χ4n) is 1.98. The lowest BCUT2D eigenvalue weighted by Gasteiger charge is -2.00. The Hall–Kier alpha value is -2.04. The van der Waals surface area contributed by atoms with Crippen LogP contribution in [0.5, 0.6) is 0 Å². The van der Waals surface area contributed by atoms with E-state index >= 15 is 0 Å². The smallest absolute Gasteiger partial charge is 0.249 e. The highest BCUT2D eigenvalue weighted by Gasteiger charge is 2.18. The molecule has 0 saturated heterocycles. The summed E-state index contributed by atoms with van der Waals surface area (Å²) in [5.41, 5.74) is 2.64. The van der Waals surface area contributed by atoms with Crippen LogP contribution in [0.1, 0.15) is 39.8 Å². The lowest BCUT2D eigenvalue weighted by Crippen LogP contribution is -2.34. The molecule has 0 saturated carbocycles. The van der Waals surface area contributed by atoms with Crippen molar-refractivity contribution in [3.05, 3.63) is 30.6 Å². The maximum Gasteiger partial charge on any atom is 0.249 e. The Kier molecular flexibility index (Phi) is 4.92. The fraction of sp³-hybridized carbons (Fsp3) is 0.429. The van der Waals surface area contributed by atoms with Crippen molar-refractivity contribution in [2.75, 3.05) is 0 Å². The molecule has 0 unspecified atom stereocenters. The SMILES string of the molecule is CC(C)n1c[n+](C(C)C)c2ccccc21.O=C([O-])O. The molecule has 5 nitrogen and oxygen atoms in total. The first-order valence-corrected chi connectivity index (χ1v) is 6.25. The number of imidazole rings is 1. The van der Waals surface area contributed by atoms with Gasteiger partial charge in [-0.05, 0) is 39.8 Å². The number of benzene rings is 1. The molecule has 0 aliphatic rings. The molecule has 5 heteroatoms. The molecule has 104 valence electrons. The summed E-state index contributed by atoms with van der Waals surface area (Å²) in [6.07, 6.45) is 0.139. The highest BCUT2D eigenvalue weighted by molar-refractivity contribution is 5.71. The number of hydrogen-bond acceptors (Lipinski definition) is 2. The van der Waals surface area contributed by atoms with Crippen LogP contribution in [-0.4, -0.2) is 15.8 Å². The van der Waals surface area contributed by atoms with Gasteiger partial charge >= 0.3 is 0 Å². The standard InChI is InChI=1S/C13H19N2.CH2O3/c1-10(2)14-9-15(11(3)4)13-8-6-5-7-12(13)14;2-1(3)4/h5-11H,1-4H3;(H2,2,3,4)/q+1;/p-1. The predicted octanol–water partition coefficient (Wildman–Crippen LogP) is 1.98. The first-order valence-electron chi connectivity index (χ1n) is 6.25. The van der Waals surface area contributed by atoms with Crippen molar-refractivity contribution in [3.8, 4) is 0 Å². The molecule has 2 aromatic rings. The number of carboxylic acid groups (broad SMARTS) is 2. The van der Waals surface area contributed by atoms with Crippen molar-refractivity contribution in [2.24, 2.45) is 0 Å². The van der Waals surface area contributed by atoms with Gasteiger partial charge in [-0.15, -0.1) is 0 Å². The van der Waals surface area contributed by atoms with E-state index in [2.05, 4.69) is 67.4 Å². The molecule has 1 aromatic heterocycles. The van der Waals surface area contributed by atoms with Crippen LogP contribution in [0.25, 0.3) is 11.0 Å². The number of fused-ring (bicyclic) bond motifs is 1. The van der Waals surface area contributed by atoms with Crippen molar-refractivity contribution in [1.82, 2.24) is 4.57 Å². The second kappa shape index (κ2) is 6.22. The third-order valence-corrected chi connectivity index (χ3v) is 2.80. The average molecular weight is 264 g/mol. The number of para-hydroxylation sites is 2. The average Bonchev–Trinajstić information content (AvgIpc) is 2.67. The number of rotatable bonds is 2. The minimum absolute atomic E-state index is 0.509. The molecule has 0 atom stereocenters. The summed E-state index contributed by atoms with van der Waals surface area (Å²) in [6, 6.07) is 9.60. The summed E-state index contributed by atoms with van der Waals surface area (Å²) in [5.74, 6) is 0. The summed E-state index contributed by atoms with van der Waals surface area (Å²) in [5, 5.41) is 15.3. The first kappa shape index (κ1) is 15.0. The molecule has 0 aliphatic carbocycles. The van der Waals surface area contributed by atoms with Crippen LogP contribution in [0.3, 0.4) is 0 Å². The Balaban J connectivity index is 0.000000399. The van der Waals surface area contributed by atoms with Crippen molar-refractivity contribution in [1.29, 1.82) is 0 Å². The van der Waals surface area contributed by atoms with Crippen LogP contribution in [0, 0.1) is 0 Å². The number of hydrogen-bond donors (Lipinski definition) is 1. The van der Waals surface area contributed by atoms with E-state index in [1.807, 2.05) is 0 Å². The molecule has 1 aromatic carbocycles. The van der Waals surface area contributed by atoms with E-state index in [1.54, 1.807) is 0 Å². The third-order valence-electron chi connectivity index (χ3n) is 2.80. The zero-order valence-electron chi connectivity index (χ0n) is 11.7. The molecule has 0 fully saturated rings. The van der Waals surface area contributed by atoms with Gasteiger partial charge in [0.25, 0.3) is 0 Å². The van der Waals surface area contributed by atoms with E-state index in [1.165, 1.54) is 11.0 Å². The first-order chi connectivity index (χ1) is 8.84. The number of carbonyl (C=O) groups is 1. The lowest BCUT2D eigenvalue weighted by molar-refractivity contribution is -0.692. The Labute approximate surface area is 112 Å². The van der Waals surface area contributed by atoms with E-state index < -0.39 is 6.16 Å². The Morgan fingerprint density at radius 2 is 1.79 bits per heavy atom. The molecule has 0 amide bonds. The number of aromatic nitrogens is 2. The topological polar surface area (TPSA) is 69.2 Å². The molecular weight excluding hydrogens is 244 g/mol. The normalized spacial score (nSPS) is 10.6. The highest BCUT2D eigenvalue weighted by atomic mass is 16.6. The maximum atomic E-state index is 8.44. The van der Waals surface area contributed by atoms with Crippen molar-refractivity contribution < 1.29 is 19.6 Å². The largest absolute Gasteiger partial charge is 0.565 e. The molecule has 1 N–H and O–H groups in total. The van der Waals surface area contributed by atoms with Gasteiger partial charge in [0.2, 0.25) is 12.5 Å². The maximum absolute atomic E-state index is 8.44. The van der Waals surface area contributed by atoms with Crippen LogP contribution in [0.2, 0.25) is 0 Å². The van der Waals surface area contributed by atoms with Crippen LogP contribution in [0.4, 0.5) is 4.79 Å². The molecule has 0 bridgehead atoms. The van der Waals surface area contributed by atoms with E-state index in [0.29, 0.717) is 12.1 Å². The quantitative estimate of drug-likeness (QED) is 0.843. The van der Waals surface area contributed by atoms with Gasteiger partial charge in [0.1, 0.15) is 0 Å². The lowest BCUT2D eigenvalue weighted by atomic mass is 10.3. The van der Waals surface area contributed by atoms with Crippen LogP contribution >= 0.6 is 0 Å². The van der Waals surface area contributed by atoms with Gasteiger partial charge < -0.3 is 15.0 Å². The molecule has 0 radical (unpaired) electrons. The summed E-state index contributed by atoms with van der Waals surface area (Å²) >= 11 is 0. The van der Waals surface area contributed by atoms with Gasteiger partial charge in [0.15, 0.2) is 11.0 Å². The molecule has 2 rings (SSSR count). The van der Waals surface area contributed by atoms with Crippen LogP contribution in [0.15, 0.2) is 30.6 Å². The monoisotopic (exact) mass is 264 g/mol. The second-order valence-corrected chi connectivity index (χ2v) is 4.87. The minimum Gasteiger partial charge on any atom is -0.565 e. The third kappa shape index (κ3) is 3.71. The summed E-state index contributed by atoms with van der Waals surface area (Å²) < 4.78 is 4.66. The Bertz CT molecular complexity index is 513. The fourth-order valence-corrected chi connectivity index (χ4v) is 1.98. The highest BCUT2D eigenvalue weighted by Crippen LogP contribution is 2.17. The molecule has 19 heavy (non-hydrogen) atoms. The summed E-state index contributed by atoms with van der Waals surface area (Å²) in [7, 11) is 0.